The Kier molecular flexibility index (Phi) is 7.08. The van der Waals surface area contributed by atoms with E-state index in [2.05, 4.69) is 10.6 Å². The van der Waals surface area contributed by atoms with Crippen molar-refractivity contribution in [3.05, 3.63) is 22.4 Å². The second kappa shape index (κ2) is 8.58. The van der Waals surface area contributed by atoms with E-state index in [1.165, 1.54) is 4.88 Å². The average Bonchev–Trinajstić information content (AvgIpc) is 2.86. The van der Waals surface area contributed by atoms with Gasteiger partial charge in [0.2, 0.25) is 0 Å². The molecule has 0 aliphatic carbocycles. The number of rotatable bonds is 8. The lowest BCUT2D eigenvalue weighted by Gasteiger charge is -2.18. The van der Waals surface area contributed by atoms with E-state index in [0.717, 1.165) is 19.3 Å². The maximum Gasteiger partial charge on any atom is 0.326 e. The van der Waals surface area contributed by atoms with Crippen molar-refractivity contribution in [2.45, 2.75) is 51.6 Å². The van der Waals surface area contributed by atoms with Crippen molar-refractivity contribution in [2.24, 2.45) is 0 Å². The van der Waals surface area contributed by atoms with Gasteiger partial charge in [0.25, 0.3) is 0 Å². The van der Waals surface area contributed by atoms with Crippen LogP contribution in [-0.2, 0) is 11.2 Å². The van der Waals surface area contributed by atoms with E-state index in [9.17, 15) is 9.59 Å². The molecule has 2 amide bonds. The molecule has 3 N–H and O–H groups in total. The van der Waals surface area contributed by atoms with Crippen LogP contribution in [0.4, 0.5) is 4.79 Å². The first-order valence-corrected chi connectivity index (χ1v) is 7.73. The first kappa shape index (κ1) is 16.5. The fourth-order valence-electron chi connectivity index (χ4n) is 1.87. The zero-order chi connectivity index (χ0) is 15.0. The first-order valence-electron chi connectivity index (χ1n) is 6.85. The van der Waals surface area contributed by atoms with Gasteiger partial charge in [0.05, 0.1) is 0 Å². The molecular weight excluding hydrogens is 276 g/mol. The summed E-state index contributed by atoms with van der Waals surface area (Å²) in [6.45, 7) is 3.89. The summed E-state index contributed by atoms with van der Waals surface area (Å²) in [5, 5.41) is 16.3. The van der Waals surface area contributed by atoms with Gasteiger partial charge in [-0.25, -0.2) is 9.59 Å². The van der Waals surface area contributed by atoms with Crippen LogP contribution in [0.3, 0.4) is 0 Å². The molecule has 20 heavy (non-hydrogen) atoms. The van der Waals surface area contributed by atoms with Gasteiger partial charge < -0.3 is 15.7 Å². The Balaban J connectivity index is 2.38. The summed E-state index contributed by atoms with van der Waals surface area (Å²) < 4.78 is 0. The van der Waals surface area contributed by atoms with Gasteiger partial charge in [0.1, 0.15) is 6.04 Å². The molecule has 0 saturated carbocycles. The summed E-state index contributed by atoms with van der Waals surface area (Å²) in [6.07, 6.45) is 2.89. The van der Waals surface area contributed by atoms with E-state index in [1.54, 1.807) is 11.3 Å². The second-order valence-electron chi connectivity index (χ2n) is 4.84. The second-order valence-corrected chi connectivity index (χ2v) is 5.87. The molecule has 0 saturated heterocycles. The predicted molar refractivity (Wildman–Crippen MR) is 80.1 cm³/mol. The molecule has 112 valence electrons. The molecule has 5 nitrogen and oxygen atoms in total. The molecular formula is C14H22N2O3S. The summed E-state index contributed by atoms with van der Waals surface area (Å²) in [5.41, 5.74) is 0. The third-order valence-electron chi connectivity index (χ3n) is 2.91. The van der Waals surface area contributed by atoms with Crippen LogP contribution in [0.25, 0.3) is 0 Å². The third kappa shape index (κ3) is 6.06. The van der Waals surface area contributed by atoms with Crippen LogP contribution in [0.1, 0.15) is 38.0 Å². The maximum atomic E-state index is 11.8. The number of thiophene rings is 1. The van der Waals surface area contributed by atoms with Gasteiger partial charge in [-0.2, -0.15) is 0 Å². The number of aliphatic carboxylic acids is 1. The van der Waals surface area contributed by atoms with Crippen molar-refractivity contribution in [2.75, 3.05) is 0 Å². The Morgan fingerprint density at radius 3 is 2.70 bits per heavy atom. The lowest BCUT2D eigenvalue weighted by molar-refractivity contribution is -0.139. The molecule has 1 aromatic heterocycles. The topological polar surface area (TPSA) is 78.4 Å². The van der Waals surface area contributed by atoms with E-state index in [4.69, 9.17) is 5.11 Å². The quantitative estimate of drug-likeness (QED) is 0.690. The number of hydrogen-bond acceptors (Lipinski definition) is 3. The summed E-state index contributed by atoms with van der Waals surface area (Å²) in [6, 6.07) is 2.72. The van der Waals surface area contributed by atoms with Crippen LogP contribution in [0.2, 0.25) is 0 Å². The zero-order valence-corrected chi connectivity index (χ0v) is 12.7. The highest BCUT2D eigenvalue weighted by Gasteiger charge is 2.19. The molecule has 1 heterocycles. The number of urea groups is 1. The van der Waals surface area contributed by atoms with Crippen LogP contribution < -0.4 is 10.6 Å². The van der Waals surface area contributed by atoms with Crippen molar-refractivity contribution in [1.82, 2.24) is 10.6 Å². The number of carbonyl (C=O) groups excluding carboxylic acids is 1. The monoisotopic (exact) mass is 298 g/mol. The third-order valence-corrected chi connectivity index (χ3v) is 3.81. The summed E-state index contributed by atoms with van der Waals surface area (Å²) >= 11 is 1.64. The van der Waals surface area contributed by atoms with Gasteiger partial charge in [0.15, 0.2) is 0 Å². The van der Waals surface area contributed by atoms with Crippen molar-refractivity contribution in [3.8, 4) is 0 Å². The Bertz CT molecular complexity index is 420. The maximum absolute atomic E-state index is 11.8. The summed E-state index contributed by atoms with van der Waals surface area (Å²) in [7, 11) is 0. The number of unbranched alkanes of at least 4 members (excludes halogenated alkanes) is 1. The fourth-order valence-corrected chi connectivity index (χ4v) is 2.71. The molecule has 2 atom stereocenters. The highest BCUT2D eigenvalue weighted by atomic mass is 32.1. The molecule has 1 aromatic rings. The Morgan fingerprint density at radius 1 is 1.40 bits per heavy atom. The smallest absolute Gasteiger partial charge is 0.326 e. The fraction of sp³-hybridized carbons (Fsp3) is 0.571. The number of carboxylic acids is 1. The van der Waals surface area contributed by atoms with E-state index in [1.807, 2.05) is 31.4 Å². The van der Waals surface area contributed by atoms with Crippen LogP contribution in [-0.4, -0.2) is 29.2 Å². The van der Waals surface area contributed by atoms with Crippen molar-refractivity contribution in [1.29, 1.82) is 0 Å². The van der Waals surface area contributed by atoms with Gasteiger partial charge in [-0.05, 0) is 24.8 Å². The molecule has 0 bridgehead atoms. The van der Waals surface area contributed by atoms with E-state index in [-0.39, 0.29) is 6.04 Å². The molecule has 0 spiro atoms. The molecule has 0 aromatic carbocycles. The Morgan fingerprint density at radius 2 is 2.15 bits per heavy atom. The van der Waals surface area contributed by atoms with Crippen molar-refractivity contribution < 1.29 is 14.7 Å². The largest absolute Gasteiger partial charge is 0.480 e. The minimum atomic E-state index is -0.987. The number of nitrogens with one attached hydrogen (secondary N) is 2. The van der Waals surface area contributed by atoms with Gasteiger partial charge >= 0.3 is 12.0 Å². The highest BCUT2D eigenvalue weighted by Crippen LogP contribution is 2.10. The average molecular weight is 298 g/mol. The molecule has 0 fully saturated rings. The van der Waals surface area contributed by atoms with Crippen LogP contribution in [0.5, 0.6) is 0 Å². The molecule has 6 heteroatoms. The zero-order valence-electron chi connectivity index (χ0n) is 11.9. The number of amides is 2. The van der Waals surface area contributed by atoms with Crippen LogP contribution in [0.15, 0.2) is 17.5 Å². The molecule has 0 radical (unpaired) electrons. The van der Waals surface area contributed by atoms with Gasteiger partial charge in [-0.1, -0.05) is 25.8 Å². The lowest BCUT2D eigenvalue weighted by Crippen LogP contribution is -2.48. The Labute approximate surface area is 123 Å². The van der Waals surface area contributed by atoms with Crippen LogP contribution >= 0.6 is 11.3 Å². The molecule has 0 aliphatic heterocycles. The molecule has 0 aliphatic rings. The minimum Gasteiger partial charge on any atom is -0.480 e. The summed E-state index contributed by atoms with van der Waals surface area (Å²) in [4.78, 5) is 24.0. The van der Waals surface area contributed by atoms with E-state index < -0.39 is 18.0 Å². The molecule has 1 rings (SSSR count). The lowest BCUT2D eigenvalue weighted by atomic mass is 10.1. The number of carboxylic acid groups (broad SMARTS) is 1. The normalized spacial score (nSPS) is 13.5. The minimum absolute atomic E-state index is 0.0331. The highest BCUT2D eigenvalue weighted by molar-refractivity contribution is 7.09. The number of carbonyl (C=O) groups is 2. The van der Waals surface area contributed by atoms with E-state index in [0.29, 0.717) is 6.42 Å². The summed E-state index contributed by atoms with van der Waals surface area (Å²) in [5.74, 6) is -0.987. The SMILES string of the molecule is CCCCC(NC(=O)NC(C)Cc1cccs1)C(=O)O. The van der Waals surface area contributed by atoms with Crippen molar-refractivity contribution in [3.63, 3.8) is 0 Å². The first-order chi connectivity index (χ1) is 9.52. The standard InChI is InChI=1S/C14H22N2O3S/c1-3-4-7-12(13(17)18)16-14(19)15-10(2)9-11-6-5-8-20-11/h5-6,8,10,12H,3-4,7,9H2,1-2H3,(H,17,18)(H2,15,16,19). The van der Waals surface area contributed by atoms with Crippen molar-refractivity contribution >= 4 is 23.3 Å². The molecule has 2 unspecified atom stereocenters. The van der Waals surface area contributed by atoms with Gasteiger partial charge in [0, 0.05) is 17.3 Å². The van der Waals surface area contributed by atoms with Crippen LogP contribution in [0, 0.1) is 0 Å². The number of hydrogen-bond donors (Lipinski definition) is 3. The van der Waals surface area contributed by atoms with Gasteiger partial charge in [-0.15, -0.1) is 11.3 Å². The van der Waals surface area contributed by atoms with E-state index >= 15 is 0 Å². The Hall–Kier alpha value is -1.56. The van der Waals surface area contributed by atoms with Gasteiger partial charge in [-0.3, -0.25) is 0 Å². The predicted octanol–water partition coefficient (Wildman–Crippen LogP) is 2.62.